The molecule has 29 heavy (non-hydrogen) atoms. The summed E-state index contributed by atoms with van der Waals surface area (Å²) in [5, 5.41) is 0. The van der Waals surface area contributed by atoms with Gasteiger partial charge in [-0.3, -0.25) is 9.69 Å². The van der Waals surface area contributed by atoms with E-state index < -0.39 is 11.8 Å². The molecule has 0 spiro atoms. The molecule has 2 aromatic rings. The first-order valence-corrected chi connectivity index (χ1v) is 9.61. The largest absolute Gasteiger partial charge is 0.490 e. The number of nitrogens with zero attached hydrogens (tertiary/aromatic N) is 2. The highest BCUT2D eigenvalue weighted by molar-refractivity contribution is 5.86. The van der Waals surface area contributed by atoms with Crippen molar-refractivity contribution < 1.29 is 27.9 Å². The number of esters is 1. The fourth-order valence-corrected chi connectivity index (χ4v) is 3.24. The molecule has 0 saturated carbocycles. The van der Waals surface area contributed by atoms with Gasteiger partial charge in [0.05, 0.1) is 26.7 Å². The summed E-state index contributed by atoms with van der Waals surface area (Å²) < 4.78 is 29.1. The summed E-state index contributed by atoms with van der Waals surface area (Å²) in [5.74, 6) is 0.0915. The average molecular weight is 404 g/mol. The van der Waals surface area contributed by atoms with Gasteiger partial charge < -0.3 is 18.8 Å². The maximum absolute atomic E-state index is 13.6. The van der Waals surface area contributed by atoms with Crippen LogP contribution in [0.5, 0.6) is 5.75 Å². The van der Waals surface area contributed by atoms with Gasteiger partial charge in [-0.2, -0.15) is 0 Å². The van der Waals surface area contributed by atoms with E-state index in [9.17, 15) is 14.0 Å². The van der Waals surface area contributed by atoms with Gasteiger partial charge in [0, 0.05) is 26.2 Å². The van der Waals surface area contributed by atoms with Gasteiger partial charge in [0.15, 0.2) is 11.6 Å². The normalized spacial score (nSPS) is 15.0. The number of methoxy groups -OCH3 is 1. The fraction of sp³-hybridized carbons (Fsp3) is 0.429. The van der Waals surface area contributed by atoms with Crippen molar-refractivity contribution in [3.63, 3.8) is 0 Å². The zero-order chi connectivity index (χ0) is 20.6. The van der Waals surface area contributed by atoms with Gasteiger partial charge in [0.1, 0.15) is 5.76 Å². The van der Waals surface area contributed by atoms with E-state index >= 15 is 0 Å². The van der Waals surface area contributed by atoms with Gasteiger partial charge in [-0.1, -0.05) is 12.1 Å². The highest BCUT2D eigenvalue weighted by Crippen LogP contribution is 2.16. The lowest BCUT2D eigenvalue weighted by Gasteiger charge is -2.21. The topological polar surface area (TPSA) is 72.2 Å². The molecule has 1 amide bonds. The molecule has 1 saturated heterocycles. The molecule has 0 aliphatic carbocycles. The first-order valence-electron chi connectivity index (χ1n) is 9.61. The molecule has 0 unspecified atom stereocenters. The molecule has 0 bridgehead atoms. The molecule has 0 N–H and O–H groups in total. The van der Waals surface area contributed by atoms with Gasteiger partial charge in [0.25, 0.3) is 0 Å². The van der Waals surface area contributed by atoms with Gasteiger partial charge in [0.2, 0.25) is 11.7 Å². The van der Waals surface area contributed by atoms with E-state index in [1.54, 1.807) is 30.3 Å². The number of carbonyl (C=O) groups excluding carboxylic acids is 2. The molecule has 1 aliphatic rings. The Hall–Kier alpha value is -2.87. The van der Waals surface area contributed by atoms with Gasteiger partial charge in [-0.05, 0) is 30.7 Å². The van der Waals surface area contributed by atoms with Crippen molar-refractivity contribution in [1.82, 2.24) is 9.80 Å². The Labute approximate surface area is 169 Å². The Bertz CT molecular complexity index is 838. The third kappa shape index (κ3) is 5.80. The number of hydrogen-bond acceptors (Lipinski definition) is 6. The third-order valence-corrected chi connectivity index (χ3v) is 4.78. The van der Waals surface area contributed by atoms with Crippen molar-refractivity contribution in [2.75, 3.05) is 39.9 Å². The quantitative estimate of drug-likeness (QED) is 0.661. The molecule has 0 radical (unpaired) electrons. The van der Waals surface area contributed by atoms with Crippen LogP contribution in [0.4, 0.5) is 4.39 Å². The van der Waals surface area contributed by atoms with Crippen LogP contribution in [0, 0.1) is 5.82 Å². The fourth-order valence-electron chi connectivity index (χ4n) is 3.24. The Morgan fingerprint density at radius 2 is 1.93 bits per heavy atom. The Kier molecular flexibility index (Phi) is 7.24. The maximum atomic E-state index is 13.6. The summed E-state index contributed by atoms with van der Waals surface area (Å²) in [6.45, 7) is 3.50. The van der Waals surface area contributed by atoms with Crippen molar-refractivity contribution in [1.29, 1.82) is 0 Å². The van der Waals surface area contributed by atoms with Crippen LogP contribution in [0.25, 0.3) is 0 Å². The first kappa shape index (κ1) is 20.9. The lowest BCUT2D eigenvalue weighted by atomic mass is 10.3. The number of carbonyl (C=O) groups is 2. The van der Waals surface area contributed by atoms with Crippen LogP contribution in [0.15, 0.2) is 40.8 Å². The van der Waals surface area contributed by atoms with E-state index in [-0.39, 0.29) is 30.4 Å². The molecule has 1 aliphatic heterocycles. The summed E-state index contributed by atoms with van der Waals surface area (Å²) in [6.07, 6.45) is 1.04. The summed E-state index contributed by atoms with van der Waals surface area (Å²) >= 11 is 0. The van der Waals surface area contributed by atoms with E-state index in [0.29, 0.717) is 31.9 Å². The van der Waals surface area contributed by atoms with E-state index in [1.807, 2.05) is 4.90 Å². The monoisotopic (exact) mass is 404 g/mol. The summed E-state index contributed by atoms with van der Waals surface area (Å²) in [7, 11) is 1.31. The Morgan fingerprint density at radius 3 is 2.72 bits per heavy atom. The van der Waals surface area contributed by atoms with Crippen LogP contribution in [0.1, 0.15) is 29.2 Å². The van der Waals surface area contributed by atoms with Crippen LogP contribution in [0.3, 0.4) is 0 Å². The number of furan rings is 1. The smallest absolute Gasteiger partial charge is 0.373 e. The first-order chi connectivity index (χ1) is 14.1. The number of ether oxygens (including phenoxy) is 2. The molecule has 7 nitrogen and oxygen atoms in total. The van der Waals surface area contributed by atoms with Crippen molar-refractivity contribution in [2.24, 2.45) is 0 Å². The minimum atomic E-state index is -0.499. The summed E-state index contributed by atoms with van der Waals surface area (Å²) in [6, 6.07) is 9.52. The van der Waals surface area contributed by atoms with E-state index in [2.05, 4.69) is 9.64 Å². The number of rotatable bonds is 7. The second kappa shape index (κ2) is 10.1. The van der Waals surface area contributed by atoms with E-state index in [0.717, 1.165) is 13.0 Å². The van der Waals surface area contributed by atoms with Crippen molar-refractivity contribution >= 4 is 11.9 Å². The molecule has 156 valence electrons. The molecule has 2 heterocycles. The number of halogens is 1. The Balaban J connectivity index is 1.44. The van der Waals surface area contributed by atoms with Gasteiger partial charge in [-0.25, -0.2) is 9.18 Å². The molecule has 0 atom stereocenters. The van der Waals surface area contributed by atoms with Crippen LogP contribution in [-0.4, -0.2) is 61.6 Å². The van der Waals surface area contributed by atoms with Crippen molar-refractivity contribution in [3.8, 4) is 5.75 Å². The molecule has 3 rings (SSSR count). The number of hydrogen-bond donors (Lipinski definition) is 0. The Morgan fingerprint density at radius 1 is 1.10 bits per heavy atom. The second-order valence-electron chi connectivity index (χ2n) is 6.80. The average Bonchev–Trinajstić information content (AvgIpc) is 3.06. The van der Waals surface area contributed by atoms with Crippen molar-refractivity contribution in [2.45, 2.75) is 19.4 Å². The maximum Gasteiger partial charge on any atom is 0.373 e. The highest BCUT2D eigenvalue weighted by atomic mass is 19.1. The molecular weight excluding hydrogens is 379 g/mol. The lowest BCUT2D eigenvalue weighted by Crippen LogP contribution is -2.35. The van der Waals surface area contributed by atoms with E-state index in [4.69, 9.17) is 9.15 Å². The lowest BCUT2D eigenvalue weighted by molar-refractivity contribution is -0.131. The summed E-state index contributed by atoms with van der Waals surface area (Å²) in [5.41, 5.74) is 0. The number of amides is 1. The zero-order valence-corrected chi connectivity index (χ0v) is 16.4. The number of para-hydroxylation sites is 1. The molecule has 1 aromatic carbocycles. The summed E-state index contributed by atoms with van der Waals surface area (Å²) in [4.78, 5) is 27.9. The van der Waals surface area contributed by atoms with Crippen LogP contribution in [0.2, 0.25) is 0 Å². The molecule has 8 heteroatoms. The van der Waals surface area contributed by atoms with Crippen LogP contribution < -0.4 is 4.74 Å². The minimum absolute atomic E-state index is 0.00540. The standard InChI is InChI=1S/C21H25FN2O5/c1-27-21(26)19-8-7-16(29-19)15-23-10-4-11-24(13-12-23)20(25)9-14-28-18-6-3-2-5-17(18)22/h2-3,5-8H,4,9-15H2,1H3. The van der Waals surface area contributed by atoms with Gasteiger partial charge >= 0.3 is 5.97 Å². The highest BCUT2D eigenvalue weighted by Gasteiger charge is 2.20. The molecule has 1 fully saturated rings. The van der Waals surface area contributed by atoms with Crippen LogP contribution in [-0.2, 0) is 16.1 Å². The van der Waals surface area contributed by atoms with E-state index in [1.165, 1.54) is 13.2 Å². The minimum Gasteiger partial charge on any atom is -0.490 e. The third-order valence-electron chi connectivity index (χ3n) is 4.78. The van der Waals surface area contributed by atoms with Crippen molar-refractivity contribution in [3.05, 3.63) is 53.7 Å². The second-order valence-corrected chi connectivity index (χ2v) is 6.80. The van der Waals surface area contributed by atoms with Crippen LogP contribution >= 0.6 is 0 Å². The van der Waals surface area contributed by atoms with Gasteiger partial charge in [-0.15, -0.1) is 0 Å². The molecular formula is C21H25FN2O5. The predicted molar refractivity (Wildman–Crippen MR) is 103 cm³/mol. The number of benzene rings is 1. The predicted octanol–water partition coefficient (Wildman–Crippen LogP) is 2.71. The zero-order valence-electron chi connectivity index (χ0n) is 16.4. The SMILES string of the molecule is COC(=O)c1ccc(CN2CCCN(C(=O)CCOc3ccccc3F)CC2)o1. The molecule has 1 aromatic heterocycles.